The number of aryl methyl sites for hydroxylation is 1. The van der Waals surface area contributed by atoms with Crippen molar-refractivity contribution < 1.29 is 35.3 Å². The van der Waals surface area contributed by atoms with Crippen LogP contribution in [0, 0.1) is 12.9 Å². The molecule has 0 spiro atoms. The van der Waals surface area contributed by atoms with Crippen molar-refractivity contribution in [3.8, 4) is 0 Å². The van der Waals surface area contributed by atoms with Gasteiger partial charge < -0.3 is 5.32 Å². The number of amides is 2. The van der Waals surface area contributed by atoms with Crippen LogP contribution >= 0.6 is 11.3 Å². The van der Waals surface area contributed by atoms with E-state index in [4.69, 9.17) is 5.14 Å². The highest BCUT2D eigenvalue weighted by molar-refractivity contribution is 7.93. The molecule has 2 aromatic heterocycles. The zero-order valence-corrected chi connectivity index (χ0v) is 16.7. The predicted molar refractivity (Wildman–Crippen MR) is 95.1 cm³/mol. The summed E-state index contributed by atoms with van der Waals surface area (Å²) in [7, 11) is -4.32. The van der Waals surface area contributed by atoms with E-state index in [1.54, 1.807) is 0 Å². The lowest BCUT2D eigenvalue weighted by Crippen LogP contribution is -2.20. The number of halogens is 6. The van der Waals surface area contributed by atoms with E-state index < -0.39 is 49.4 Å². The molecule has 0 bridgehead atoms. The summed E-state index contributed by atoms with van der Waals surface area (Å²) in [5, 5.41) is 6.45. The Labute approximate surface area is 170 Å². The molecule has 0 aromatic carbocycles. The van der Waals surface area contributed by atoms with Gasteiger partial charge >= 0.3 is 12.2 Å². The third kappa shape index (κ3) is 4.27. The molecule has 1 atom stereocenters. The van der Waals surface area contributed by atoms with Crippen molar-refractivity contribution in [2.45, 2.75) is 43.0 Å². The first kappa shape index (κ1) is 22.4. The van der Waals surface area contributed by atoms with Gasteiger partial charge in [-0.25, -0.2) is 32.9 Å². The summed E-state index contributed by atoms with van der Waals surface area (Å²) in [5.41, 5.74) is -1.24. The third-order valence-corrected chi connectivity index (χ3v) is 7.15. The molecule has 7 nitrogen and oxygen atoms in total. The van der Waals surface area contributed by atoms with E-state index in [2.05, 4.69) is 19.6 Å². The summed E-state index contributed by atoms with van der Waals surface area (Å²) in [6.45, 7) is 1.10. The molecule has 30 heavy (non-hydrogen) atoms. The Morgan fingerprint density at radius 1 is 1.30 bits per heavy atom. The second kappa shape index (κ2) is 7.77. The van der Waals surface area contributed by atoms with Crippen LogP contribution in [0.2, 0.25) is 0 Å². The van der Waals surface area contributed by atoms with E-state index in [1.807, 2.05) is 0 Å². The second-order valence-electron chi connectivity index (χ2n) is 6.26. The molecule has 15 heteroatoms. The van der Waals surface area contributed by atoms with Crippen LogP contribution in [0.4, 0.5) is 36.8 Å². The number of thiazole rings is 1. The van der Waals surface area contributed by atoms with Crippen molar-refractivity contribution in [3.05, 3.63) is 33.5 Å². The summed E-state index contributed by atoms with van der Waals surface area (Å²) in [5.74, 6) is -1.57. The monoisotopic (exact) mass is 473 g/mol. The molecule has 0 aliphatic heterocycles. The van der Waals surface area contributed by atoms with Crippen LogP contribution in [-0.2, 0) is 28.9 Å². The lowest BCUT2D eigenvalue weighted by Gasteiger charge is -2.17. The zero-order chi connectivity index (χ0) is 22.4. The van der Waals surface area contributed by atoms with Crippen LogP contribution in [0.1, 0.15) is 40.4 Å². The van der Waals surface area contributed by atoms with E-state index in [1.165, 1.54) is 0 Å². The molecule has 164 valence electrons. The fourth-order valence-corrected chi connectivity index (χ4v) is 5.04. The van der Waals surface area contributed by atoms with Gasteiger partial charge in [0.2, 0.25) is 5.95 Å². The predicted octanol–water partition coefficient (Wildman–Crippen LogP) is 4.36. The number of nitrogens with two attached hydrogens (primary N) is 1. The number of fused-ring (bicyclic) bond motifs is 1. The maximum atomic E-state index is 13.8. The van der Waals surface area contributed by atoms with Crippen molar-refractivity contribution in [2.24, 2.45) is 9.50 Å². The highest BCUT2D eigenvalue weighted by Crippen LogP contribution is 2.39. The maximum absolute atomic E-state index is 13.8. The van der Waals surface area contributed by atoms with Gasteiger partial charge in [-0.15, -0.1) is 4.36 Å². The van der Waals surface area contributed by atoms with Gasteiger partial charge in [0.05, 0.1) is 5.69 Å². The van der Waals surface area contributed by atoms with Crippen LogP contribution in [0.5, 0.6) is 0 Å². The van der Waals surface area contributed by atoms with Crippen LogP contribution in [-0.4, -0.2) is 20.2 Å². The van der Waals surface area contributed by atoms with Gasteiger partial charge in [-0.1, -0.05) is 11.3 Å². The lowest BCUT2D eigenvalue weighted by molar-refractivity contribution is -0.141. The van der Waals surface area contributed by atoms with Gasteiger partial charge in [0, 0.05) is 11.3 Å². The molecule has 3 rings (SSSR count). The van der Waals surface area contributed by atoms with Crippen LogP contribution in [0.3, 0.4) is 0 Å². The van der Waals surface area contributed by atoms with E-state index in [0.29, 0.717) is 18.4 Å². The number of alkyl halides is 5. The Kier molecular flexibility index (Phi) is 5.81. The average Bonchev–Trinajstić information content (AvgIpc) is 3.22. The number of nitrogens with one attached hydrogen (secondary N) is 1. The van der Waals surface area contributed by atoms with Crippen molar-refractivity contribution in [2.75, 3.05) is 5.32 Å². The molecule has 0 fully saturated rings. The Morgan fingerprint density at radius 2 is 1.97 bits per heavy atom. The number of pyridine rings is 1. The summed E-state index contributed by atoms with van der Waals surface area (Å²) >= 11 is -0.0172. The first-order chi connectivity index (χ1) is 13.8. The number of anilines is 1. The summed E-state index contributed by atoms with van der Waals surface area (Å²) < 4.78 is 93.4. The van der Waals surface area contributed by atoms with Crippen LogP contribution < -0.4 is 10.5 Å². The van der Waals surface area contributed by atoms with E-state index >= 15 is 0 Å². The van der Waals surface area contributed by atoms with Crippen molar-refractivity contribution >= 4 is 33.0 Å². The smallest absolute Gasteiger partial charge is 0.305 e. The van der Waals surface area contributed by atoms with E-state index in [-0.39, 0.29) is 34.7 Å². The Morgan fingerprint density at radius 3 is 2.53 bits per heavy atom. The summed E-state index contributed by atoms with van der Waals surface area (Å²) in [6, 6.07) is -1.43. The number of nitrogens with zero attached hydrogens (tertiary/aromatic N) is 3. The highest BCUT2D eigenvalue weighted by atomic mass is 32.2. The largest absolute Gasteiger partial charge is 0.433 e. The minimum Gasteiger partial charge on any atom is -0.305 e. The van der Waals surface area contributed by atoms with E-state index in [9.17, 15) is 35.3 Å². The molecule has 0 saturated heterocycles. The Hall–Kier alpha value is -2.26. The molecule has 2 heterocycles. The zero-order valence-electron chi connectivity index (χ0n) is 15.0. The maximum Gasteiger partial charge on any atom is 0.433 e. The number of aromatic nitrogens is 2. The SMILES string of the molecule is Cc1c(C(F)(F)F)nc2c(c1NC(=O)N=S(N)(=O)c1sc(C(F)F)nc1F)CCC2. The number of urea groups is 1. The first-order valence-electron chi connectivity index (χ1n) is 8.21. The van der Waals surface area contributed by atoms with Crippen molar-refractivity contribution in [1.82, 2.24) is 9.97 Å². The number of carbonyl (C=O) groups is 1. The fourth-order valence-electron chi connectivity index (χ4n) is 3.00. The normalized spacial score (nSPS) is 15.8. The van der Waals surface area contributed by atoms with Gasteiger partial charge in [0.1, 0.15) is 5.69 Å². The quantitative estimate of drug-likeness (QED) is 0.646. The number of hydrogen-bond acceptors (Lipinski definition) is 5. The molecule has 2 amide bonds. The average molecular weight is 473 g/mol. The van der Waals surface area contributed by atoms with Crippen molar-refractivity contribution in [3.63, 3.8) is 0 Å². The van der Waals surface area contributed by atoms with E-state index in [0.717, 1.165) is 6.92 Å². The van der Waals surface area contributed by atoms with Gasteiger partial charge in [-0.2, -0.15) is 17.6 Å². The molecule has 1 unspecified atom stereocenters. The summed E-state index contributed by atoms with van der Waals surface area (Å²) in [6.07, 6.45) is -6.81. The molecular formula is C15H13F6N5O2S2. The van der Waals surface area contributed by atoms with Crippen LogP contribution in [0.15, 0.2) is 8.57 Å². The minimum absolute atomic E-state index is 0.0172. The topological polar surface area (TPSA) is 110 Å². The van der Waals surface area contributed by atoms with Gasteiger partial charge in [0.15, 0.2) is 19.1 Å². The number of hydrogen-bond donors (Lipinski definition) is 2. The molecule has 1 aliphatic carbocycles. The molecule has 1 aliphatic rings. The molecular weight excluding hydrogens is 460 g/mol. The fraction of sp³-hybridized carbons (Fsp3) is 0.400. The minimum atomic E-state index is -4.78. The molecule has 3 N–H and O–H groups in total. The van der Waals surface area contributed by atoms with Gasteiger partial charge in [-0.05, 0) is 31.7 Å². The lowest BCUT2D eigenvalue weighted by atomic mass is 10.1. The molecule has 2 aromatic rings. The van der Waals surface area contributed by atoms with Gasteiger partial charge in [0.25, 0.3) is 6.43 Å². The second-order valence-corrected chi connectivity index (χ2v) is 9.28. The first-order valence-corrected chi connectivity index (χ1v) is 10.6. The van der Waals surface area contributed by atoms with Crippen LogP contribution in [0.25, 0.3) is 0 Å². The summed E-state index contributed by atoms with van der Waals surface area (Å²) in [4.78, 5) is 18.8. The number of rotatable bonds is 3. The van der Waals surface area contributed by atoms with Crippen molar-refractivity contribution in [1.29, 1.82) is 0 Å². The standard InChI is InChI=1S/C15H13F6N5O2S2/c1-5-8(6-3-2-4-7(6)23-9(5)15(19,20)21)24-14(27)26-30(22,28)13-11(18)25-12(29-13)10(16)17/h10H,2-4H2,1H3,(H3,22,23,24,26,27,28). The third-order valence-electron chi connectivity index (χ3n) is 4.21. The molecule has 0 radical (unpaired) electrons. The highest BCUT2D eigenvalue weighted by Gasteiger charge is 2.38. The Bertz CT molecular complexity index is 1140. The number of carbonyl (C=O) groups excluding carboxylic acids is 1. The Balaban J connectivity index is 2.01. The van der Waals surface area contributed by atoms with Gasteiger partial charge in [-0.3, -0.25) is 0 Å². The molecule has 0 saturated carbocycles.